The molecule has 2 heterocycles. The zero-order valence-corrected chi connectivity index (χ0v) is 13.7. The van der Waals surface area contributed by atoms with E-state index in [1.54, 1.807) is 25.2 Å². The highest BCUT2D eigenvalue weighted by molar-refractivity contribution is 5.52. The van der Waals surface area contributed by atoms with Crippen LogP contribution in [0.25, 0.3) is 11.5 Å². The van der Waals surface area contributed by atoms with Crippen LogP contribution in [0.5, 0.6) is 0 Å². The normalized spacial score (nSPS) is 15.3. The second kappa shape index (κ2) is 6.08. The molecular weight excluding hydrogens is 347 g/mol. The number of alkyl halides is 2. The van der Waals surface area contributed by atoms with Crippen molar-refractivity contribution in [1.82, 2.24) is 20.2 Å². The Bertz CT molecular complexity index is 924. The number of aromatic nitrogens is 4. The van der Waals surface area contributed by atoms with Gasteiger partial charge in [0.1, 0.15) is 5.82 Å². The first-order valence-corrected chi connectivity index (χ1v) is 7.94. The quantitative estimate of drug-likeness (QED) is 0.690. The summed E-state index contributed by atoms with van der Waals surface area (Å²) >= 11 is 0. The SMILES string of the molecule is CN(c1ncc(-c2nnc(C(F)F)o2)cn1)C1(c2ccccc2F)CC1. The van der Waals surface area contributed by atoms with Gasteiger partial charge in [0.15, 0.2) is 0 Å². The lowest BCUT2D eigenvalue weighted by molar-refractivity contribution is 0.116. The predicted molar refractivity (Wildman–Crippen MR) is 86.0 cm³/mol. The molecule has 1 fully saturated rings. The molecule has 0 aliphatic heterocycles. The van der Waals surface area contributed by atoms with Crippen molar-refractivity contribution >= 4 is 5.95 Å². The standard InChI is InChI=1S/C17H14F3N5O/c1-25(17(6-7-17)11-4-2-3-5-12(11)18)16-21-8-10(9-22-16)14-23-24-15(26-14)13(19)20/h2-5,8-9,13H,6-7H2,1H3. The first kappa shape index (κ1) is 16.5. The predicted octanol–water partition coefficient (Wildman–Crippen LogP) is 3.73. The molecule has 0 amide bonds. The minimum atomic E-state index is -2.84. The number of hydrogen-bond donors (Lipinski definition) is 0. The summed E-state index contributed by atoms with van der Waals surface area (Å²) in [6.07, 6.45) is 1.57. The smallest absolute Gasteiger partial charge is 0.314 e. The Morgan fingerprint density at radius 2 is 1.81 bits per heavy atom. The maximum atomic E-state index is 14.2. The fourth-order valence-corrected chi connectivity index (χ4v) is 2.98. The molecule has 0 atom stereocenters. The lowest BCUT2D eigenvalue weighted by atomic mass is 10.0. The fraction of sp³-hybridized carbons (Fsp3) is 0.294. The van der Waals surface area contributed by atoms with Crippen molar-refractivity contribution in [2.24, 2.45) is 0 Å². The van der Waals surface area contributed by atoms with Gasteiger partial charge in [0.25, 0.3) is 11.8 Å². The minimum Gasteiger partial charge on any atom is -0.415 e. The van der Waals surface area contributed by atoms with Crippen molar-refractivity contribution in [3.63, 3.8) is 0 Å². The molecular formula is C17H14F3N5O. The third kappa shape index (κ3) is 2.69. The van der Waals surface area contributed by atoms with Crippen LogP contribution in [0.3, 0.4) is 0 Å². The number of nitrogens with zero attached hydrogens (tertiary/aromatic N) is 5. The van der Waals surface area contributed by atoms with Crippen LogP contribution in [0.15, 0.2) is 41.1 Å². The number of anilines is 1. The van der Waals surface area contributed by atoms with Crippen LogP contribution in [-0.2, 0) is 5.54 Å². The molecule has 0 spiro atoms. The van der Waals surface area contributed by atoms with Crippen molar-refractivity contribution in [3.8, 4) is 11.5 Å². The van der Waals surface area contributed by atoms with Gasteiger partial charge in [-0.25, -0.2) is 14.4 Å². The van der Waals surface area contributed by atoms with Crippen molar-refractivity contribution in [3.05, 3.63) is 53.9 Å². The summed E-state index contributed by atoms with van der Waals surface area (Å²) in [6, 6.07) is 6.64. The third-order valence-corrected chi connectivity index (χ3v) is 4.55. The summed E-state index contributed by atoms with van der Waals surface area (Å²) in [5, 5.41) is 6.84. The molecule has 1 aromatic carbocycles. The van der Waals surface area contributed by atoms with Crippen LogP contribution in [0, 0.1) is 5.82 Å². The van der Waals surface area contributed by atoms with E-state index in [4.69, 9.17) is 4.42 Å². The van der Waals surface area contributed by atoms with E-state index in [-0.39, 0.29) is 11.7 Å². The van der Waals surface area contributed by atoms with Crippen LogP contribution < -0.4 is 4.90 Å². The molecule has 1 aliphatic carbocycles. The van der Waals surface area contributed by atoms with E-state index in [1.165, 1.54) is 18.5 Å². The molecule has 0 bridgehead atoms. The molecule has 0 unspecified atom stereocenters. The molecule has 2 aromatic heterocycles. The van der Waals surface area contributed by atoms with Gasteiger partial charge in [0.2, 0.25) is 5.95 Å². The van der Waals surface area contributed by atoms with E-state index in [1.807, 2.05) is 4.90 Å². The fourth-order valence-electron chi connectivity index (χ4n) is 2.98. The average Bonchev–Trinajstić information content (AvgIpc) is 3.29. The molecule has 134 valence electrons. The monoisotopic (exact) mass is 361 g/mol. The molecule has 4 rings (SSSR count). The van der Waals surface area contributed by atoms with Gasteiger partial charge in [-0.05, 0) is 18.9 Å². The van der Waals surface area contributed by atoms with Crippen LogP contribution >= 0.6 is 0 Å². The maximum Gasteiger partial charge on any atom is 0.314 e. The van der Waals surface area contributed by atoms with E-state index in [0.717, 1.165) is 12.8 Å². The van der Waals surface area contributed by atoms with Gasteiger partial charge < -0.3 is 9.32 Å². The Labute approximate surface area is 146 Å². The van der Waals surface area contributed by atoms with E-state index in [9.17, 15) is 13.2 Å². The van der Waals surface area contributed by atoms with Gasteiger partial charge in [-0.2, -0.15) is 8.78 Å². The highest BCUT2D eigenvalue weighted by Crippen LogP contribution is 2.51. The lowest BCUT2D eigenvalue weighted by Gasteiger charge is -2.28. The number of hydrogen-bond acceptors (Lipinski definition) is 6. The van der Waals surface area contributed by atoms with E-state index >= 15 is 0 Å². The summed E-state index contributed by atoms with van der Waals surface area (Å²) in [5.41, 5.74) is 0.464. The topological polar surface area (TPSA) is 67.9 Å². The second-order valence-corrected chi connectivity index (χ2v) is 6.09. The Morgan fingerprint density at radius 3 is 2.38 bits per heavy atom. The Kier molecular flexibility index (Phi) is 3.86. The molecule has 1 saturated carbocycles. The highest BCUT2D eigenvalue weighted by atomic mass is 19.3. The molecule has 26 heavy (non-hydrogen) atoms. The number of halogens is 3. The summed E-state index contributed by atoms with van der Waals surface area (Å²) in [4.78, 5) is 10.3. The molecule has 9 heteroatoms. The van der Waals surface area contributed by atoms with Gasteiger partial charge in [-0.3, -0.25) is 0 Å². The summed E-state index contributed by atoms with van der Waals surface area (Å²) in [7, 11) is 1.80. The van der Waals surface area contributed by atoms with Crippen molar-refractivity contribution < 1.29 is 17.6 Å². The van der Waals surface area contributed by atoms with Crippen molar-refractivity contribution in [2.45, 2.75) is 24.8 Å². The molecule has 0 saturated heterocycles. The first-order chi connectivity index (χ1) is 12.5. The Balaban J connectivity index is 1.60. The van der Waals surface area contributed by atoms with E-state index in [0.29, 0.717) is 17.1 Å². The zero-order valence-electron chi connectivity index (χ0n) is 13.7. The van der Waals surface area contributed by atoms with Crippen LogP contribution in [0.2, 0.25) is 0 Å². The van der Waals surface area contributed by atoms with Gasteiger partial charge in [-0.1, -0.05) is 18.2 Å². The zero-order chi connectivity index (χ0) is 18.3. The van der Waals surface area contributed by atoms with E-state index in [2.05, 4.69) is 20.2 Å². The maximum absolute atomic E-state index is 14.2. The summed E-state index contributed by atoms with van der Waals surface area (Å²) in [6.45, 7) is 0. The molecule has 3 aromatic rings. The van der Waals surface area contributed by atoms with Gasteiger partial charge >= 0.3 is 6.43 Å². The Hall–Kier alpha value is -2.97. The molecule has 1 aliphatic rings. The first-order valence-electron chi connectivity index (χ1n) is 7.94. The largest absolute Gasteiger partial charge is 0.415 e. The van der Waals surface area contributed by atoms with Crippen LogP contribution in [0.1, 0.15) is 30.7 Å². The van der Waals surface area contributed by atoms with Gasteiger partial charge in [-0.15, -0.1) is 10.2 Å². The van der Waals surface area contributed by atoms with Crippen molar-refractivity contribution in [2.75, 3.05) is 11.9 Å². The molecule has 0 N–H and O–H groups in total. The van der Waals surface area contributed by atoms with Crippen LogP contribution in [0.4, 0.5) is 19.1 Å². The number of benzene rings is 1. The molecule has 6 nitrogen and oxygen atoms in total. The lowest BCUT2D eigenvalue weighted by Crippen LogP contribution is -2.33. The van der Waals surface area contributed by atoms with Gasteiger partial charge in [0.05, 0.1) is 11.1 Å². The average molecular weight is 361 g/mol. The summed E-state index contributed by atoms with van der Waals surface area (Å²) < 4.78 is 44.1. The highest BCUT2D eigenvalue weighted by Gasteiger charge is 2.50. The van der Waals surface area contributed by atoms with E-state index < -0.39 is 17.9 Å². The molecule has 0 radical (unpaired) electrons. The Morgan fingerprint density at radius 1 is 1.12 bits per heavy atom. The van der Waals surface area contributed by atoms with Gasteiger partial charge in [0, 0.05) is 25.0 Å². The minimum absolute atomic E-state index is 0.0789. The second-order valence-electron chi connectivity index (χ2n) is 6.09. The van der Waals surface area contributed by atoms with Crippen LogP contribution in [-0.4, -0.2) is 27.2 Å². The third-order valence-electron chi connectivity index (χ3n) is 4.55. The number of rotatable bonds is 5. The summed E-state index contributed by atoms with van der Waals surface area (Å²) in [5.74, 6) is -0.704. The van der Waals surface area contributed by atoms with Crippen molar-refractivity contribution in [1.29, 1.82) is 0 Å².